The number of nitrogens with zero attached hydrogens (tertiary/aromatic N) is 2. The Morgan fingerprint density at radius 3 is 2.51 bits per heavy atom. The van der Waals surface area contributed by atoms with Gasteiger partial charge in [0, 0.05) is 23.3 Å². The first-order valence-electron chi connectivity index (χ1n) is 11.5. The number of carbonyl (C=O) groups is 2. The normalized spacial score (nSPS) is 10.4. The molecule has 10 heteroatoms. The minimum absolute atomic E-state index is 0.0324. The quantitative estimate of drug-likeness (QED) is 0.250. The maximum Gasteiger partial charge on any atom is 0.335 e. The predicted molar refractivity (Wildman–Crippen MR) is 145 cm³/mol. The molecule has 0 aliphatic carbocycles. The maximum absolute atomic E-state index is 13.3. The van der Waals surface area contributed by atoms with Crippen LogP contribution in [0.4, 0.5) is 5.82 Å². The molecule has 39 heavy (non-hydrogen) atoms. The third-order valence-corrected chi connectivity index (χ3v) is 5.92. The lowest BCUT2D eigenvalue weighted by Gasteiger charge is -2.16. The summed E-state index contributed by atoms with van der Waals surface area (Å²) in [6.45, 7) is -0.0610. The lowest BCUT2D eigenvalue weighted by Crippen LogP contribution is -2.16. The van der Waals surface area contributed by atoms with Crippen molar-refractivity contribution in [1.29, 1.82) is 5.26 Å². The fourth-order valence-electron chi connectivity index (χ4n) is 3.89. The smallest absolute Gasteiger partial charge is 0.335 e. The number of halogens is 1. The fraction of sp³-hybridized carbons (Fsp3) is 0.103. The molecule has 0 aliphatic rings. The van der Waals surface area contributed by atoms with Crippen molar-refractivity contribution < 1.29 is 28.9 Å². The standard InChI is InChI=1S/C29H22ClN3O6/c1-37-16-39-26-13-19(30)10-11-20(26)24-14-22(17-6-5-7-18(12-17)29(35)36)23(15-31)27(32-24)33-28(34)21-8-3-4-9-25(21)38-2/h3-14H,16H2,1-2H3,(H,35,36)(H,32,33,34). The van der Waals surface area contributed by atoms with Gasteiger partial charge in [0.15, 0.2) is 12.6 Å². The molecule has 4 aromatic rings. The second-order valence-electron chi connectivity index (χ2n) is 8.12. The van der Waals surface area contributed by atoms with E-state index in [0.717, 1.165) is 0 Å². The van der Waals surface area contributed by atoms with Gasteiger partial charge >= 0.3 is 5.97 Å². The van der Waals surface area contributed by atoms with Crippen molar-refractivity contribution in [3.8, 4) is 40.0 Å². The highest BCUT2D eigenvalue weighted by Crippen LogP contribution is 2.37. The van der Waals surface area contributed by atoms with Gasteiger partial charge in [0.25, 0.3) is 5.91 Å². The number of para-hydroxylation sites is 1. The summed E-state index contributed by atoms with van der Waals surface area (Å²) in [7, 11) is 2.92. The Bertz CT molecular complexity index is 1600. The van der Waals surface area contributed by atoms with E-state index in [1.54, 1.807) is 60.7 Å². The molecule has 0 unspecified atom stereocenters. The van der Waals surface area contributed by atoms with E-state index in [4.69, 9.17) is 25.8 Å². The van der Waals surface area contributed by atoms with Crippen LogP contribution in [0.15, 0.2) is 72.8 Å². The van der Waals surface area contributed by atoms with Gasteiger partial charge in [-0.15, -0.1) is 0 Å². The minimum atomic E-state index is -1.12. The molecule has 0 fully saturated rings. The molecular weight excluding hydrogens is 522 g/mol. The van der Waals surface area contributed by atoms with Crippen LogP contribution in [-0.2, 0) is 4.74 Å². The number of aromatic nitrogens is 1. The van der Waals surface area contributed by atoms with E-state index in [2.05, 4.69) is 16.4 Å². The highest BCUT2D eigenvalue weighted by Gasteiger charge is 2.21. The molecule has 4 rings (SSSR count). The molecule has 2 N–H and O–H groups in total. The number of rotatable bonds is 9. The number of carbonyl (C=O) groups excluding carboxylic acids is 1. The number of pyridine rings is 1. The number of nitriles is 1. The van der Waals surface area contributed by atoms with E-state index in [9.17, 15) is 20.0 Å². The van der Waals surface area contributed by atoms with Crippen molar-refractivity contribution in [3.05, 3.63) is 94.5 Å². The number of benzene rings is 3. The van der Waals surface area contributed by atoms with Crippen molar-refractivity contribution in [2.24, 2.45) is 0 Å². The van der Waals surface area contributed by atoms with Crippen LogP contribution < -0.4 is 14.8 Å². The number of hydrogen-bond donors (Lipinski definition) is 2. The zero-order valence-electron chi connectivity index (χ0n) is 20.9. The fourth-order valence-corrected chi connectivity index (χ4v) is 4.05. The average molecular weight is 544 g/mol. The van der Waals surface area contributed by atoms with Crippen molar-refractivity contribution in [1.82, 2.24) is 4.98 Å². The predicted octanol–water partition coefficient (Wildman–Crippen LogP) is 5.88. The van der Waals surface area contributed by atoms with Gasteiger partial charge in [-0.05, 0) is 54.1 Å². The van der Waals surface area contributed by atoms with Crippen LogP contribution in [0.1, 0.15) is 26.3 Å². The van der Waals surface area contributed by atoms with Crippen molar-refractivity contribution in [3.63, 3.8) is 0 Å². The molecule has 0 aliphatic heterocycles. The monoisotopic (exact) mass is 543 g/mol. The molecule has 9 nitrogen and oxygen atoms in total. The molecule has 0 saturated heterocycles. The SMILES string of the molecule is COCOc1cc(Cl)ccc1-c1cc(-c2cccc(C(=O)O)c2)c(C#N)c(NC(=O)c2ccccc2OC)n1. The Labute approximate surface area is 229 Å². The maximum atomic E-state index is 13.3. The topological polar surface area (TPSA) is 131 Å². The van der Waals surface area contributed by atoms with Gasteiger partial charge in [-0.25, -0.2) is 9.78 Å². The van der Waals surface area contributed by atoms with Crippen LogP contribution in [0, 0.1) is 11.3 Å². The highest BCUT2D eigenvalue weighted by atomic mass is 35.5. The summed E-state index contributed by atoms with van der Waals surface area (Å²) in [5, 5.41) is 22.8. The lowest BCUT2D eigenvalue weighted by atomic mass is 9.96. The number of carboxylic acids is 1. The van der Waals surface area contributed by atoms with Gasteiger partial charge in [0.2, 0.25) is 0 Å². The van der Waals surface area contributed by atoms with Gasteiger partial charge in [-0.3, -0.25) is 4.79 Å². The zero-order chi connectivity index (χ0) is 27.9. The van der Waals surface area contributed by atoms with E-state index in [1.165, 1.54) is 26.4 Å². The van der Waals surface area contributed by atoms with Crippen molar-refractivity contribution in [2.45, 2.75) is 0 Å². The molecule has 196 valence electrons. The summed E-state index contributed by atoms with van der Waals surface area (Å²) in [5.41, 5.74) is 1.95. The Kier molecular flexibility index (Phi) is 8.41. The number of hydrogen-bond acceptors (Lipinski definition) is 7. The lowest BCUT2D eigenvalue weighted by molar-refractivity contribution is 0.0515. The Morgan fingerprint density at radius 2 is 1.79 bits per heavy atom. The number of aromatic carboxylic acids is 1. The van der Waals surface area contributed by atoms with Crippen molar-refractivity contribution >= 4 is 29.3 Å². The van der Waals surface area contributed by atoms with Gasteiger partial charge in [-0.2, -0.15) is 5.26 Å². The number of nitrogens with one attached hydrogen (secondary N) is 1. The Hall–Kier alpha value is -4.91. The van der Waals surface area contributed by atoms with Crippen molar-refractivity contribution in [2.75, 3.05) is 26.3 Å². The third-order valence-electron chi connectivity index (χ3n) is 5.69. The van der Waals surface area contributed by atoms with E-state index < -0.39 is 11.9 Å². The second kappa shape index (κ2) is 12.1. The van der Waals surface area contributed by atoms with E-state index in [1.807, 2.05) is 0 Å². The zero-order valence-corrected chi connectivity index (χ0v) is 21.7. The van der Waals surface area contributed by atoms with Crippen LogP contribution in [0.3, 0.4) is 0 Å². The summed E-state index contributed by atoms with van der Waals surface area (Å²) >= 11 is 6.19. The number of methoxy groups -OCH3 is 2. The van der Waals surface area contributed by atoms with Crippen LogP contribution in [-0.4, -0.2) is 43.0 Å². The van der Waals surface area contributed by atoms with Crippen LogP contribution in [0.25, 0.3) is 22.4 Å². The first-order valence-corrected chi connectivity index (χ1v) is 11.9. The van der Waals surface area contributed by atoms with Gasteiger partial charge < -0.3 is 24.6 Å². The first kappa shape index (κ1) is 27.1. The van der Waals surface area contributed by atoms with Crippen LogP contribution >= 0.6 is 11.6 Å². The average Bonchev–Trinajstić information content (AvgIpc) is 2.95. The summed E-state index contributed by atoms with van der Waals surface area (Å²) < 4.78 is 16.0. The Balaban J connectivity index is 1.94. The molecule has 0 atom stereocenters. The summed E-state index contributed by atoms with van der Waals surface area (Å²) in [6, 6.07) is 21.4. The molecule has 0 bridgehead atoms. The molecule has 1 aromatic heterocycles. The van der Waals surface area contributed by atoms with Gasteiger partial charge in [0.05, 0.1) is 23.9 Å². The molecular formula is C29H22ClN3O6. The summed E-state index contributed by atoms with van der Waals surface area (Å²) in [4.78, 5) is 29.5. The molecule has 1 amide bonds. The highest BCUT2D eigenvalue weighted by molar-refractivity contribution is 6.30. The summed E-state index contributed by atoms with van der Waals surface area (Å²) in [5.74, 6) is -1.01. The molecule has 0 radical (unpaired) electrons. The number of anilines is 1. The second-order valence-corrected chi connectivity index (χ2v) is 8.56. The minimum Gasteiger partial charge on any atom is -0.496 e. The van der Waals surface area contributed by atoms with Crippen LogP contribution in [0.5, 0.6) is 11.5 Å². The number of carboxylic acid groups (broad SMARTS) is 1. The van der Waals surface area contributed by atoms with Gasteiger partial charge in [0.1, 0.15) is 23.1 Å². The molecule has 1 heterocycles. The molecule has 0 saturated carbocycles. The van der Waals surface area contributed by atoms with E-state index >= 15 is 0 Å². The van der Waals surface area contributed by atoms with E-state index in [-0.39, 0.29) is 29.3 Å². The van der Waals surface area contributed by atoms with Gasteiger partial charge in [-0.1, -0.05) is 35.9 Å². The summed E-state index contributed by atoms with van der Waals surface area (Å²) in [6.07, 6.45) is 0. The number of amides is 1. The molecule has 0 spiro atoms. The first-order chi connectivity index (χ1) is 18.9. The van der Waals surface area contributed by atoms with E-state index in [0.29, 0.717) is 38.9 Å². The molecule has 3 aromatic carbocycles. The largest absolute Gasteiger partial charge is 0.496 e. The Morgan fingerprint density at radius 1 is 1.00 bits per heavy atom. The van der Waals surface area contributed by atoms with Crippen LogP contribution in [0.2, 0.25) is 5.02 Å². The number of ether oxygens (including phenoxy) is 3. The third kappa shape index (κ3) is 5.99.